The van der Waals surface area contributed by atoms with Crippen molar-refractivity contribution in [2.45, 2.75) is 56.1 Å². The summed E-state index contributed by atoms with van der Waals surface area (Å²) >= 11 is 6.09. The second-order valence-electron chi connectivity index (χ2n) is 7.36. The Morgan fingerprint density at radius 1 is 0.917 bits per heavy atom. The van der Waals surface area contributed by atoms with Crippen LogP contribution in [0, 0.1) is 0 Å². The lowest BCUT2D eigenvalue weighted by molar-refractivity contribution is 0.339. The summed E-state index contributed by atoms with van der Waals surface area (Å²) in [5, 5.41) is 4.63. The average Bonchev–Trinajstić information content (AvgIpc) is 3.36. The molecular formula is C21H25ClN2. The zero-order chi connectivity index (χ0) is 16.5. The highest BCUT2D eigenvalue weighted by Crippen LogP contribution is 2.42. The molecule has 3 N–H and O–H groups in total. The molecule has 0 bridgehead atoms. The van der Waals surface area contributed by atoms with Crippen molar-refractivity contribution >= 4 is 11.6 Å². The molecule has 0 unspecified atom stereocenters. The Bertz CT molecular complexity index is 689. The fourth-order valence-electron chi connectivity index (χ4n) is 3.93. The summed E-state index contributed by atoms with van der Waals surface area (Å²) in [6.45, 7) is 0. The molecule has 2 atom stereocenters. The van der Waals surface area contributed by atoms with E-state index in [1.54, 1.807) is 0 Å². The van der Waals surface area contributed by atoms with E-state index < -0.39 is 0 Å². The van der Waals surface area contributed by atoms with Gasteiger partial charge in [0.05, 0.1) is 0 Å². The van der Waals surface area contributed by atoms with Gasteiger partial charge in [-0.25, -0.2) is 0 Å². The Hall–Kier alpha value is -1.35. The van der Waals surface area contributed by atoms with Crippen LogP contribution < -0.4 is 11.1 Å². The van der Waals surface area contributed by atoms with Gasteiger partial charge in [-0.1, -0.05) is 48.0 Å². The molecule has 24 heavy (non-hydrogen) atoms. The van der Waals surface area contributed by atoms with Crippen LogP contribution in [0.5, 0.6) is 0 Å². The fourth-order valence-corrected chi connectivity index (χ4v) is 4.12. The minimum Gasteiger partial charge on any atom is -0.328 e. The lowest BCUT2D eigenvalue weighted by atomic mass is 9.92. The third-order valence-electron chi connectivity index (χ3n) is 5.51. The SMILES string of the molecule is NC1CCC(N[C@@H]2C[C@H]2c2ccc(-c3cccc(Cl)c3)cc2)CC1. The van der Waals surface area contributed by atoms with Gasteiger partial charge in [0.2, 0.25) is 0 Å². The molecule has 0 amide bonds. The third kappa shape index (κ3) is 3.66. The molecule has 2 fully saturated rings. The topological polar surface area (TPSA) is 38.0 Å². The fraction of sp³-hybridized carbons (Fsp3) is 0.429. The van der Waals surface area contributed by atoms with Crippen molar-refractivity contribution in [2.75, 3.05) is 0 Å². The van der Waals surface area contributed by atoms with Gasteiger partial charge in [-0.2, -0.15) is 0 Å². The molecule has 3 heteroatoms. The van der Waals surface area contributed by atoms with Gasteiger partial charge in [0.15, 0.2) is 0 Å². The Labute approximate surface area is 149 Å². The van der Waals surface area contributed by atoms with Crippen LogP contribution in [0.2, 0.25) is 5.02 Å². The van der Waals surface area contributed by atoms with Gasteiger partial charge >= 0.3 is 0 Å². The zero-order valence-electron chi connectivity index (χ0n) is 13.9. The summed E-state index contributed by atoms with van der Waals surface area (Å²) in [6, 6.07) is 18.8. The highest BCUT2D eigenvalue weighted by molar-refractivity contribution is 6.30. The zero-order valence-corrected chi connectivity index (χ0v) is 14.7. The maximum Gasteiger partial charge on any atom is 0.0412 e. The quantitative estimate of drug-likeness (QED) is 0.845. The second-order valence-corrected chi connectivity index (χ2v) is 7.80. The standard InChI is InChI=1S/C21H25ClN2/c22-17-3-1-2-16(12-17)14-4-6-15(7-5-14)20-13-21(20)24-19-10-8-18(23)9-11-19/h1-7,12,18-21,24H,8-11,13,23H2/t18?,19?,20-,21+/m0/s1. The molecule has 0 heterocycles. The van der Waals surface area contributed by atoms with Crippen molar-refractivity contribution < 1.29 is 0 Å². The summed E-state index contributed by atoms with van der Waals surface area (Å²) in [7, 11) is 0. The first-order valence-corrected chi connectivity index (χ1v) is 9.44. The number of hydrogen-bond acceptors (Lipinski definition) is 2. The van der Waals surface area contributed by atoms with Crippen LogP contribution in [0.4, 0.5) is 0 Å². The summed E-state index contributed by atoms with van der Waals surface area (Å²) in [4.78, 5) is 0. The summed E-state index contributed by atoms with van der Waals surface area (Å²) < 4.78 is 0. The van der Waals surface area contributed by atoms with Crippen molar-refractivity contribution in [1.82, 2.24) is 5.32 Å². The third-order valence-corrected chi connectivity index (χ3v) is 5.74. The van der Waals surface area contributed by atoms with Crippen LogP contribution in [-0.4, -0.2) is 18.1 Å². The first kappa shape index (κ1) is 16.1. The van der Waals surface area contributed by atoms with Crippen LogP contribution in [-0.2, 0) is 0 Å². The van der Waals surface area contributed by atoms with E-state index in [0.29, 0.717) is 24.0 Å². The van der Waals surface area contributed by atoms with E-state index in [9.17, 15) is 0 Å². The smallest absolute Gasteiger partial charge is 0.0412 e. The van der Waals surface area contributed by atoms with E-state index in [1.807, 2.05) is 18.2 Å². The number of halogens is 1. The maximum atomic E-state index is 6.09. The molecule has 4 rings (SSSR count). The molecule has 2 nitrogen and oxygen atoms in total. The van der Waals surface area contributed by atoms with Crippen molar-refractivity contribution in [3.63, 3.8) is 0 Å². The van der Waals surface area contributed by atoms with Gasteiger partial charge in [-0.05, 0) is 60.9 Å². The number of nitrogens with one attached hydrogen (secondary N) is 1. The minimum atomic E-state index is 0.428. The Morgan fingerprint density at radius 2 is 1.67 bits per heavy atom. The summed E-state index contributed by atoms with van der Waals surface area (Å²) in [5.74, 6) is 0.675. The Balaban J connectivity index is 1.36. The molecule has 0 aromatic heterocycles. The van der Waals surface area contributed by atoms with Crippen molar-refractivity contribution in [3.05, 3.63) is 59.1 Å². The van der Waals surface area contributed by atoms with E-state index in [1.165, 1.54) is 48.8 Å². The van der Waals surface area contributed by atoms with Crippen LogP contribution in [0.25, 0.3) is 11.1 Å². The van der Waals surface area contributed by atoms with Crippen molar-refractivity contribution in [2.24, 2.45) is 5.73 Å². The Kier molecular flexibility index (Phi) is 4.62. The molecule has 2 aliphatic rings. The van der Waals surface area contributed by atoms with E-state index in [2.05, 4.69) is 35.6 Å². The lowest BCUT2D eigenvalue weighted by Crippen LogP contribution is -2.38. The monoisotopic (exact) mass is 340 g/mol. The van der Waals surface area contributed by atoms with Crippen LogP contribution in [0.3, 0.4) is 0 Å². The van der Waals surface area contributed by atoms with Crippen LogP contribution in [0.15, 0.2) is 48.5 Å². The first-order valence-electron chi connectivity index (χ1n) is 9.06. The molecule has 2 aliphatic carbocycles. The largest absolute Gasteiger partial charge is 0.328 e. The molecule has 2 saturated carbocycles. The van der Waals surface area contributed by atoms with Gasteiger partial charge < -0.3 is 11.1 Å². The summed E-state index contributed by atoms with van der Waals surface area (Å²) in [5.41, 5.74) is 9.86. The second kappa shape index (κ2) is 6.87. The lowest BCUT2D eigenvalue weighted by Gasteiger charge is -2.27. The van der Waals surface area contributed by atoms with Crippen molar-refractivity contribution in [1.29, 1.82) is 0 Å². The van der Waals surface area contributed by atoms with E-state index in [4.69, 9.17) is 17.3 Å². The molecule has 2 aromatic carbocycles. The van der Waals surface area contributed by atoms with Crippen molar-refractivity contribution in [3.8, 4) is 11.1 Å². The molecule has 0 saturated heterocycles. The van der Waals surface area contributed by atoms with Gasteiger partial charge in [-0.15, -0.1) is 0 Å². The highest BCUT2D eigenvalue weighted by atomic mass is 35.5. The minimum absolute atomic E-state index is 0.428. The average molecular weight is 341 g/mol. The molecule has 126 valence electrons. The van der Waals surface area contributed by atoms with Crippen LogP contribution in [0.1, 0.15) is 43.6 Å². The number of benzene rings is 2. The number of rotatable bonds is 4. The number of nitrogens with two attached hydrogens (primary N) is 1. The first-order chi connectivity index (χ1) is 11.7. The van der Waals surface area contributed by atoms with E-state index >= 15 is 0 Å². The predicted octanol–water partition coefficient (Wildman–Crippen LogP) is 4.72. The highest BCUT2D eigenvalue weighted by Gasteiger charge is 2.39. The molecular weight excluding hydrogens is 316 g/mol. The van der Waals surface area contributed by atoms with E-state index in [-0.39, 0.29) is 0 Å². The van der Waals surface area contributed by atoms with Gasteiger partial charge in [0.1, 0.15) is 0 Å². The van der Waals surface area contributed by atoms with Gasteiger partial charge in [0, 0.05) is 29.1 Å². The van der Waals surface area contributed by atoms with E-state index in [0.717, 1.165) is 5.02 Å². The Morgan fingerprint density at radius 3 is 2.38 bits per heavy atom. The summed E-state index contributed by atoms with van der Waals surface area (Å²) in [6.07, 6.45) is 6.07. The van der Waals surface area contributed by atoms with Gasteiger partial charge in [-0.3, -0.25) is 0 Å². The molecule has 0 radical (unpaired) electrons. The molecule has 2 aromatic rings. The van der Waals surface area contributed by atoms with Gasteiger partial charge in [0.25, 0.3) is 0 Å². The molecule has 0 aliphatic heterocycles. The number of hydrogen-bond donors (Lipinski definition) is 2. The predicted molar refractivity (Wildman–Crippen MR) is 101 cm³/mol. The molecule has 0 spiro atoms. The maximum absolute atomic E-state index is 6.09. The van der Waals surface area contributed by atoms with Crippen LogP contribution >= 0.6 is 11.6 Å². The normalized spacial score (nSPS) is 29.4.